The zero-order chi connectivity index (χ0) is 22.2. The van der Waals surface area contributed by atoms with Crippen LogP contribution < -0.4 is 4.74 Å². The second kappa shape index (κ2) is 11.2. The summed E-state index contributed by atoms with van der Waals surface area (Å²) in [7, 11) is 0. The second-order valence-electron chi connectivity index (χ2n) is 9.46. The highest BCUT2D eigenvalue weighted by atomic mass is 16.5. The van der Waals surface area contributed by atoms with Crippen molar-refractivity contribution in [3.05, 3.63) is 77.4 Å². The van der Waals surface area contributed by atoms with Crippen LogP contribution >= 0.6 is 0 Å². The number of hydrogen-bond donors (Lipinski definition) is 0. The van der Waals surface area contributed by atoms with Gasteiger partial charge in [-0.1, -0.05) is 82.1 Å². The van der Waals surface area contributed by atoms with Gasteiger partial charge in [0.1, 0.15) is 5.75 Å². The Morgan fingerprint density at radius 2 is 1.44 bits per heavy atom. The maximum atomic E-state index is 5.93. The van der Waals surface area contributed by atoms with Gasteiger partial charge >= 0.3 is 0 Å². The molecule has 0 atom stereocenters. The summed E-state index contributed by atoms with van der Waals surface area (Å²) in [6, 6.07) is 21.7. The Hall–Kier alpha value is -2.72. The van der Waals surface area contributed by atoms with Gasteiger partial charge in [-0.25, -0.2) is 0 Å². The van der Waals surface area contributed by atoms with Gasteiger partial charge in [-0.15, -0.1) is 0 Å². The standard InChI is InChI=1S/C31H36O/c1-3-4-5-6-21-32-31-20-19-29-22-26(13-18-30(29)23-31)10-9-25-11-16-28(17-12-25)27-14-7-24(2)8-15-27/h11-13,16-20,22-24,27H,3-8,14-15,21H2,1-2H3. The first kappa shape index (κ1) is 22.5. The largest absolute Gasteiger partial charge is 0.494 e. The van der Waals surface area contributed by atoms with Crippen LogP contribution in [0.1, 0.15) is 87.8 Å². The van der Waals surface area contributed by atoms with Crippen molar-refractivity contribution in [2.75, 3.05) is 6.61 Å². The third kappa shape index (κ3) is 6.17. The monoisotopic (exact) mass is 424 g/mol. The van der Waals surface area contributed by atoms with Crippen LogP contribution in [0.3, 0.4) is 0 Å². The molecule has 1 saturated carbocycles. The average molecular weight is 425 g/mol. The highest BCUT2D eigenvalue weighted by molar-refractivity contribution is 5.85. The van der Waals surface area contributed by atoms with Crippen LogP contribution in [0.4, 0.5) is 0 Å². The van der Waals surface area contributed by atoms with E-state index in [2.05, 4.69) is 86.4 Å². The van der Waals surface area contributed by atoms with Gasteiger partial charge in [0, 0.05) is 11.1 Å². The van der Waals surface area contributed by atoms with E-state index in [4.69, 9.17) is 4.74 Å². The summed E-state index contributed by atoms with van der Waals surface area (Å²) in [4.78, 5) is 0. The number of benzene rings is 3. The predicted octanol–water partition coefficient (Wildman–Crippen LogP) is 8.49. The van der Waals surface area contributed by atoms with Gasteiger partial charge < -0.3 is 4.74 Å². The fourth-order valence-electron chi connectivity index (χ4n) is 4.69. The first-order chi connectivity index (χ1) is 15.7. The van der Waals surface area contributed by atoms with Gasteiger partial charge in [-0.3, -0.25) is 0 Å². The van der Waals surface area contributed by atoms with Gasteiger partial charge in [0.05, 0.1) is 6.61 Å². The van der Waals surface area contributed by atoms with Crippen LogP contribution in [0.5, 0.6) is 5.75 Å². The third-order valence-electron chi connectivity index (χ3n) is 6.83. The topological polar surface area (TPSA) is 9.23 Å². The van der Waals surface area contributed by atoms with Crippen molar-refractivity contribution in [2.45, 2.75) is 71.1 Å². The maximum absolute atomic E-state index is 5.93. The molecule has 0 aliphatic heterocycles. The van der Waals surface area contributed by atoms with Crippen molar-refractivity contribution in [2.24, 2.45) is 5.92 Å². The van der Waals surface area contributed by atoms with E-state index in [0.717, 1.165) is 41.7 Å². The van der Waals surface area contributed by atoms with E-state index < -0.39 is 0 Å². The summed E-state index contributed by atoms with van der Waals surface area (Å²) in [6.07, 6.45) is 10.3. The molecule has 0 heterocycles. The molecule has 0 saturated heterocycles. The third-order valence-corrected chi connectivity index (χ3v) is 6.83. The highest BCUT2D eigenvalue weighted by Crippen LogP contribution is 2.35. The van der Waals surface area contributed by atoms with Crippen molar-refractivity contribution in [1.29, 1.82) is 0 Å². The van der Waals surface area contributed by atoms with Crippen molar-refractivity contribution in [3.63, 3.8) is 0 Å². The quantitative estimate of drug-likeness (QED) is 0.273. The van der Waals surface area contributed by atoms with Crippen LogP contribution in [-0.2, 0) is 0 Å². The van der Waals surface area contributed by atoms with Crippen molar-refractivity contribution < 1.29 is 4.74 Å². The average Bonchev–Trinajstić information content (AvgIpc) is 2.83. The lowest BCUT2D eigenvalue weighted by Gasteiger charge is -2.26. The molecule has 0 radical (unpaired) electrons. The maximum Gasteiger partial charge on any atom is 0.119 e. The van der Waals surface area contributed by atoms with Gasteiger partial charge in [0.2, 0.25) is 0 Å². The van der Waals surface area contributed by atoms with Crippen LogP contribution in [-0.4, -0.2) is 6.61 Å². The Morgan fingerprint density at radius 1 is 0.750 bits per heavy atom. The summed E-state index contributed by atoms with van der Waals surface area (Å²) in [5.41, 5.74) is 3.62. The molecule has 166 valence electrons. The second-order valence-corrected chi connectivity index (χ2v) is 9.46. The summed E-state index contributed by atoms with van der Waals surface area (Å²) in [6.45, 7) is 5.41. The number of rotatable bonds is 7. The molecule has 3 aromatic carbocycles. The Kier molecular flexibility index (Phi) is 7.89. The molecule has 32 heavy (non-hydrogen) atoms. The Labute approximate surface area is 194 Å². The fraction of sp³-hybridized carbons (Fsp3) is 0.419. The lowest BCUT2D eigenvalue weighted by atomic mass is 9.79. The van der Waals surface area contributed by atoms with E-state index in [1.807, 2.05) is 0 Å². The molecule has 0 spiro atoms. The van der Waals surface area contributed by atoms with Gasteiger partial charge in [0.15, 0.2) is 0 Å². The zero-order valence-electron chi connectivity index (χ0n) is 19.7. The van der Waals surface area contributed by atoms with Crippen LogP contribution in [0.2, 0.25) is 0 Å². The highest BCUT2D eigenvalue weighted by Gasteiger charge is 2.19. The molecule has 1 aliphatic rings. The summed E-state index contributed by atoms with van der Waals surface area (Å²) in [5, 5.41) is 2.41. The van der Waals surface area contributed by atoms with E-state index in [-0.39, 0.29) is 0 Å². The minimum absolute atomic E-state index is 0.735. The van der Waals surface area contributed by atoms with Crippen LogP contribution in [0, 0.1) is 17.8 Å². The minimum atomic E-state index is 0.735. The lowest BCUT2D eigenvalue weighted by molar-refractivity contribution is 0.305. The molecule has 0 aromatic heterocycles. The van der Waals surface area contributed by atoms with Crippen molar-refractivity contribution >= 4 is 10.8 Å². The van der Waals surface area contributed by atoms with Gasteiger partial charge in [0.25, 0.3) is 0 Å². The van der Waals surface area contributed by atoms with E-state index in [1.54, 1.807) is 0 Å². The smallest absolute Gasteiger partial charge is 0.119 e. The summed E-state index contributed by atoms with van der Waals surface area (Å²) >= 11 is 0. The Morgan fingerprint density at radius 3 is 2.22 bits per heavy atom. The van der Waals surface area contributed by atoms with Crippen LogP contribution in [0.15, 0.2) is 60.7 Å². The van der Waals surface area contributed by atoms with E-state index in [9.17, 15) is 0 Å². The number of fused-ring (bicyclic) bond motifs is 1. The van der Waals surface area contributed by atoms with E-state index in [1.165, 1.54) is 61.3 Å². The number of hydrogen-bond acceptors (Lipinski definition) is 1. The van der Waals surface area contributed by atoms with Gasteiger partial charge in [-0.05, 0) is 83.8 Å². The zero-order valence-corrected chi connectivity index (χ0v) is 19.7. The van der Waals surface area contributed by atoms with E-state index in [0.29, 0.717) is 0 Å². The number of ether oxygens (including phenoxy) is 1. The van der Waals surface area contributed by atoms with Gasteiger partial charge in [-0.2, -0.15) is 0 Å². The molecule has 1 aliphatic carbocycles. The first-order valence-corrected chi connectivity index (χ1v) is 12.5. The molecule has 1 fully saturated rings. The molecule has 0 bridgehead atoms. The van der Waals surface area contributed by atoms with Crippen molar-refractivity contribution in [1.82, 2.24) is 0 Å². The lowest BCUT2D eigenvalue weighted by Crippen LogP contribution is -2.10. The molecule has 0 unspecified atom stereocenters. The summed E-state index contributed by atoms with van der Waals surface area (Å²) in [5.74, 6) is 9.28. The molecule has 0 amide bonds. The molecule has 3 aromatic rings. The Balaban J connectivity index is 1.37. The molecule has 1 nitrogen and oxygen atoms in total. The first-order valence-electron chi connectivity index (χ1n) is 12.5. The van der Waals surface area contributed by atoms with Crippen LogP contribution in [0.25, 0.3) is 10.8 Å². The molecular formula is C31H36O. The molecule has 4 rings (SSSR count). The number of unbranched alkanes of at least 4 members (excludes halogenated alkanes) is 3. The van der Waals surface area contributed by atoms with E-state index >= 15 is 0 Å². The molecule has 0 N–H and O–H groups in total. The Bertz CT molecular complexity index is 1060. The van der Waals surface area contributed by atoms with Crippen molar-refractivity contribution in [3.8, 4) is 17.6 Å². The summed E-state index contributed by atoms with van der Waals surface area (Å²) < 4.78 is 5.93. The molecule has 1 heteroatoms. The normalized spacial score (nSPS) is 18.2. The fourth-order valence-corrected chi connectivity index (χ4v) is 4.69. The minimum Gasteiger partial charge on any atom is -0.494 e. The predicted molar refractivity (Wildman–Crippen MR) is 136 cm³/mol. The SMILES string of the molecule is CCCCCCOc1ccc2cc(C#Cc3ccc(C4CCC(C)CC4)cc3)ccc2c1. The molecular weight excluding hydrogens is 388 g/mol.